The van der Waals surface area contributed by atoms with E-state index < -0.39 is 16.5 Å². The first kappa shape index (κ1) is 30.5. The van der Waals surface area contributed by atoms with Crippen LogP contribution >= 0.6 is 24.2 Å². The van der Waals surface area contributed by atoms with Gasteiger partial charge in [-0.25, -0.2) is 0 Å². The predicted octanol–water partition coefficient (Wildman–Crippen LogP) is 6.89. The molecule has 2 aromatic rings. The van der Waals surface area contributed by atoms with Gasteiger partial charge in [0.15, 0.2) is 0 Å². The van der Waals surface area contributed by atoms with E-state index in [4.69, 9.17) is 21.1 Å². The van der Waals surface area contributed by atoms with Crippen LogP contribution in [-0.4, -0.2) is 50.3 Å². The summed E-state index contributed by atoms with van der Waals surface area (Å²) in [5.41, 5.74) is 3.34. The van der Waals surface area contributed by atoms with Crippen LogP contribution in [0, 0.1) is 17.8 Å². The van der Waals surface area contributed by atoms with Crippen LogP contribution < -0.4 is 9.64 Å². The fourth-order valence-corrected chi connectivity index (χ4v) is 7.91. The molecule has 2 aromatic carbocycles. The molecule has 0 spiro atoms. The van der Waals surface area contributed by atoms with Crippen molar-refractivity contribution in [3.63, 3.8) is 0 Å². The lowest BCUT2D eigenvalue weighted by atomic mass is 9.69. The lowest BCUT2D eigenvalue weighted by Gasteiger charge is -2.44. The van der Waals surface area contributed by atoms with Crippen LogP contribution in [0.3, 0.4) is 0 Å². The first-order chi connectivity index (χ1) is 19.7. The summed E-state index contributed by atoms with van der Waals surface area (Å²) in [5.74, 6) is 2.33. The molecule has 2 aliphatic heterocycles. The Hall–Kier alpha value is -2.00. The molecule has 9 heteroatoms. The molecule has 2 bridgehead atoms. The van der Waals surface area contributed by atoms with Gasteiger partial charge in [0.25, 0.3) is 5.91 Å². The summed E-state index contributed by atoms with van der Waals surface area (Å²) >= 11 is 10.9. The second-order valence-electron chi connectivity index (χ2n) is 12.0. The Morgan fingerprint density at radius 2 is 2.07 bits per heavy atom. The number of ether oxygens (including phenoxy) is 2. The van der Waals surface area contributed by atoms with E-state index in [1.807, 2.05) is 31.2 Å². The average Bonchev–Trinajstić information content (AvgIpc) is 3.06. The van der Waals surface area contributed by atoms with Gasteiger partial charge in [-0.1, -0.05) is 55.3 Å². The van der Waals surface area contributed by atoms with Crippen molar-refractivity contribution in [3.05, 3.63) is 70.3 Å². The lowest BCUT2D eigenvalue weighted by Crippen LogP contribution is -2.47. The normalized spacial score (nSPS) is 29.9. The second kappa shape index (κ2) is 13.1. The minimum atomic E-state index is -1.60. The van der Waals surface area contributed by atoms with Crippen LogP contribution in [0.4, 0.5) is 5.69 Å². The number of allylic oxidation sites excluding steroid dienone is 1. The van der Waals surface area contributed by atoms with Gasteiger partial charge in [-0.3, -0.25) is 4.79 Å². The quantitative estimate of drug-likeness (QED) is 0.230. The van der Waals surface area contributed by atoms with E-state index in [0.29, 0.717) is 41.3 Å². The molecular weight excluding hydrogens is 576 g/mol. The van der Waals surface area contributed by atoms with Gasteiger partial charge in [0.1, 0.15) is 5.75 Å². The molecule has 0 radical (unpaired) electrons. The van der Waals surface area contributed by atoms with Gasteiger partial charge in [-0.2, -0.15) is 23.2 Å². The summed E-state index contributed by atoms with van der Waals surface area (Å²) < 4.78 is 29.3. The highest BCUT2D eigenvalue weighted by Gasteiger charge is 2.41. The number of carbonyl (C=O) groups is 1. The number of rotatable bonds is 4. The molecule has 0 saturated heterocycles. The number of amides is 1. The van der Waals surface area contributed by atoms with E-state index in [1.54, 1.807) is 13.2 Å². The van der Waals surface area contributed by atoms with Gasteiger partial charge in [-0.05, 0) is 84.7 Å². The van der Waals surface area contributed by atoms with Crippen molar-refractivity contribution in [2.45, 2.75) is 51.0 Å². The van der Waals surface area contributed by atoms with Crippen molar-refractivity contribution in [1.29, 1.82) is 0 Å². The molecule has 5 rings (SSSR count). The Balaban J connectivity index is 1.58. The maximum Gasteiger partial charge on any atom is 0.254 e. The summed E-state index contributed by atoms with van der Waals surface area (Å²) in [5, 5.41) is 0.714. The highest BCUT2D eigenvalue weighted by Crippen LogP contribution is 2.44. The zero-order chi connectivity index (χ0) is 29.1. The van der Waals surface area contributed by atoms with Crippen molar-refractivity contribution >= 4 is 46.4 Å². The highest BCUT2D eigenvalue weighted by atomic mass is 35.5. The monoisotopic (exact) mass is 615 g/mol. The summed E-state index contributed by atoms with van der Waals surface area (Å²) in [6.45, 7) is 6.28. The van der Waals surface area contributed by atoms with Gasteiger partial charge < -0.3 is 22.9 Å². The van der Waals surface area contributed by atoms with Gasteiger partial charge in [0.05, 0.1) is 18.4 Å². The van der Waals surface area contributed by atoms with Crippen LogP contribution in [0.2, 0.25) is 5.02 Å². The van der Waals surface area contributed by atoms with E-state index in [2.05, 4.69) is 47.0 Å². The van der Waals surface area contributed by atoms with Crippen LogP contribution in [0.1, 0.15) is 54.6 Å². The number of halogens is 1. The molecule has 1 fully saturated rings. The van der Waals surface area contributed by atoms with E-state index in [0.717, 1.165) is 49.4 Å². The molecular formula is C32H40ClN2O4S2-. The maximum atomic E-state index is 13.1. The smallest absolute Gasteiger partial charge is 0.254 e. The zero-order valence-corrected chi connectivity index (χ0v) is 26.5. The fourth-order valence-electron chi connectivity index (χ4n) is 6.48. The van der Waals surface area contributed by atoms with Gasteiger partial charge in [0, 0.05) is 36.2 Å². The van der Waals surface area contributed by atoms with Crippen molar-refractivity contribution in [2.75, 3.05) is 43.2 Å². The number of nitrogens with zero attached hydrogens (tertiary/aromatic N) is 2. The summed E-state index contributed by atoms with van der Waals surface area (Å²) in [4.78, 5) is 15.5. The Bertz CT molecular complexity index is 1390. The number of benzene rings is 2. The standard InChI is InChI=1S/C32H40ClN2O4S2/c1-21-5-4-6-29(38-3)26-10-7-24(26)17-35-19-32(2,27-11-9-25(33)15-22(27)13-14-40)20-39-30-12-8-23(16-28(30)35)31(36)34-41(37)18-21/h4,6,8-9,11-12,15-16,21,24,26,29,40H,5,7,10,13-14,17-20H2,1-3H3/q-1/b6-4+/t21-,24-,26+,29-,32-/m0/s1. The molecule has 2 heterocycles. The van der Waals surface area contributed by atoms with Crippen LogP contribution in [0.25, 0.3) is 0 Å². The van der Waals surface area contributed by atoms with E-state index in [9.17, 15) is 9.00 Å². The van der Waals surface area contributed by atoms with Crippen LogP contribution in [0.5, 0.6) is 5.75 Å². The third-order valence-electron chi connectivity index (χ3n) is 8.83. The summed E-state index contributed by atoms with van der Waals surface area (Å²) in [6, 6.07) is 11.6. The molecule has 1 amide bonds. The van der Waals surface area contributed by atoms with E-state index in [-0.39, 0.29) is 17.4 Å². The topological polar surface area (TPSA) is 68.2 Å². The molecule has 0 aromatic heterocycles. The number of methoxy groups -OCH3 is 1. The molecule has 6 nitrogen and oxygen atoms in total. The third kappa shape index (κ3) is 6.82. The van der Waals surface area contributed by atoms with Crippen molar-refractivity contribution in [2.24, 2.45) is 22.1 Å². The van der Waals surface area contributed by atoms with Crippen molar-refractivity contribution in [3.8, 4) is 5.75 Å². The van der Waals surface area contributed by atoms with Crippen molar-refractivity contribution in [1.82, 2.24) is 0 Å². The number of fused-ring (bicyclic) bond motifs is 2. The third-order valence-corrected chi connectivity index (χ3v) is 10.5. The fraction of sp³-hybridized carbons (Fsp3) is 0.531. The minimum absolute atomic E-state index is 0.0318. The molecule has 1 aliphatic carbocycles. The number of hydrogen-bond donors (Lipinski definition) is 1. The molecule has 5 atom stereocenters. The molecule has 1 saturated carbocycles. The van der Waals surface area contributed by atoms with Gasteiger partial charge in [0.2, 0.25) is 0 Å². The molecule has 222 valence electrons. The first-order valence-corrected chi connectivity index (χ1v) is 16.7. The van der Waals surface area contributed by atoms with Crippen LogP contribution in [-0.2, 0) is 31.4 Å². The Kier molecular flexibility index (Phi) is 9.74. The number of hydrogen-bond acceptors (Lipinski definition) is 7. The predicted molar refractivity (Wildman–Crippen MR) is 170 cm³/mol. The van der Waals surface area contributed by atoms with Crippen molar-refractivity contribution < 1.29 is 18.5 Å². The highest BCUT2D eigenvalue weighted by molar-refractivity contribution is 7.80. The average molecular weight is 616 g/mol. The lowest BCUT2D eigenvalue weighted by molar-refractivity contribution is 0.0132. The first-order valence-electron chi connectivity index (χ1n) is 14.5. The maximum absolute atomic E-state index is 13.1. The molecule has 0 unspecified atom stereocenters. The largest absolute Gasteiger partial charge is 0.490 e. The number of aryl methyl sites for hydroxylation is 1. The Morgan fingerprint density at radius 1 is 1.24 bits per heavy atom. The Labute approximate surface area is 256 Å². The summed E-state index contributed by atoms with van der Waals surface area (Å²) in [6.07, 6.45) is 8.15. The summed E-state index contributed by atoms with van der Waals surface area (Å²) in [7, 11) is 0.190. The molecule has 3 aliphatic rings. The van der Waals surface area contributed by atoms with E-state index in [1.165, 1.54) is 11.1 Å². The Morgan fingerprint density at radius 3 is 2.80 bits per heavy atom. The van der Waals surface area contributed by atoms with Gasteiger partial charge >= 0.3 is 0 Å². The number of carbonyl (C=O) groups excluding carboxylic acids is 1. The number of anilines is 1. The van der Waals surface area contributed by atoms with Crippen LogP contribution in [0.15, 0.2) is 52.9 Å². The SMILES string of the molecule is CO[C@H]1/C=C/C[C@H](C)C[S-](=O)=NC(=O)c2ccc3c(c2)N(C[C@@H]2CC[C@H]21)C[C@](C)(c1ccc(Cl)cc1CCS)CO3. The number of thiol groups is 1. The van der Waals surface area contributed by atoms with E-state index >= 15 is 0 Å². The molecule has 41 heavy (non-hydrogen) atoms. The minimum Gasteiger partial charge on any atom is -0.490 e. The second-order valence-corrected chi connectivity index (χ2v) is 14.1. The molecule has 0 N–H and O–H groups in total. The van der Waals surface area contributed by atoms with Gasteiger partial charge in [-0.15, -0.1) is 0 Å². The zero-order valence-electron chi connectivity index (χ0n) is 24.1.